The highest BCUT2D eigenvalue weighted by Gasteiger charge is 2.15. The Morgan fingerprint density at radius 2 is 2.05 bits per heavy atom. The lowest BCUT2D eigenvalue weighted by Crippen LogP contribution is -2.29. The number of carbonyl (C=O) groups excluding carboxylic acids is 1. The number of aromatic nitrogens is 1. The lowest BCUT2D eigenvalue weighted by atomic mass is 10.1. The molecule has 0 bridgehead atoms. The van der Waals surface area contributed by atoms with Gasteiger partial charge in [-0.05, 0) is 31.9 Å². The maximum absolute atomic E-state index is 11.4. The van der Waals surface area contributed by atoms with Crippen molar-refractivity contribution in [1.29, 1.82) is 0 Å². The highest BCUT2D eigenvalue weighted by Crippen LogP contribution is 2.22. The number of amides is 1. The summed E-state index contributed by atoms with van der Waals surface area (Å²) >= 11 is 1.59. The number of benzene rings is 1. The Bertz CT molecular complexity index is 613. The topological polar surface area (TPSA) is 63.6 Å². The van der Waals surface area contributed by atoms with E-state index in [9.17, 15) is 4.79 Å². The highest BCUT2D eigenvalue weighted by atomic mass is 32.1. The predicted molar refractivity (Wildman–Crippen MR) is 84.5 cm³/mol. The van der Waals surface area contributed by atoms with Crippen LogP contribution in [-0.4, -0.2) is 22.9 Å². The molecule has 6 heteroatoms. The maximum Gasteiger partial charge on any atom is 0.428 e. The van der Waals surface area contributed by atoms with E-state index in [1.54, 1.807) is 43.8 Å². The minimum atomic E-state index is -0.569. The number of nitrogens with zero attached hydrogens (tertiary/aromatic N) is 2. The second-order valence-corrected chi connectivity index (χ2v) is 6.25. The number of hydrazone groups is 1. The number of carbonyl (C=O) groups is 1. The average Bonchev–Trinajstić information content (AvgIpc) is 2.91. The van der Waals surface area contributed by atoms with E-state index in [1.807, 2.05) is 30.5 Å². The third-order valence-electron chi connectivity index (χ3n) is 2.40. The molecule has 1 heterocycles. The molecule has 2 aromatic rings. The molecule has 0 saturated carbocycles. The number of nitrogens with one attached hydrogen (secondary N) is 1. The van der Waals surface area contributed by atoms with E-state index in [0.717, 1.165) is 16.0 Å². The lowest BCUT2D eigenvalue weighted by molar-refractivity contribution is 0.0529. The molecule has 0 saturated heterocycles. The Labute approximate surface area is 127 Å². The van der Waals surface area contributed by atoms with Crippen molar-refractivity contribution in [1.82, 2.24) is 10.4 Å². The van der Waals surface area contributed by atoms with Crippen LogP contribution in [0.4, 0.5) is 4.79 Å². The number of ether oxygens (including phenoxy) is 1. The molecule has 0 atom stereocenters. The smallest absolute Gasteiger partial charge is 0.428 e. The molecule has 2 rings (SSSR count). The SMILES string of the molecule is CC(C)(C)OC(=O)N/N=C/c1ccc(-c2cncs2)cc1. The fourth-order valence-electron chi connectivity index (χ4n) is 1.55. The predicted octanol–water partition coefficient (Wildman–Crippen LogP) is 3.67. The Hall–Kier alpha value is -2.21. The molecule has 1 aromatic carbocycles. The standard InChI is InChI=1S/C15H17N3O2S/c1-15(2,3)20-14(19)18-17-8-11-4-6-12(7-5-11)13-9-16-10-21-13/h4-10H,1-3H3,(H,18,19)/b17-8+. The van der Waals surface area contributed by atoms with Crippen LogP contribution in [0.2, 0.25) is 0 Å². The fourth-order valence-corrected chi connectivity index (χ4v) is 2.18. The van der Waals surface area contributed by atoms with Gasteiger partial charge >= 0.3 is 6.09 Å². The minimum Gasteiger partial charge on any atom is -0.443 e. The summed E-state index contributed by atoms with van der Waals surface area (Å²) < 4.78 is 5.07. The molecule has 0 fully saturated rings. The summed E-state index contributed by atoms with van der Waals surface area (Å²) in [6.07, 6.45) is 2.83. The van der Waals surface area contributed by atoms with Crippen molar-refractivity contribution in [2.75, 3.05) is 0 Å². The molecule has 5 nitrogen and oxygen atoms in total. The summed E-state index contributed by atoms with van der Waals surface area (Å²) in [6.45, 7) is 5.40. The normalized spacial score (nSPS) is 11.6. The molecule has 1 aromatic heterocycles. The van der Waals surface area contributed by atoms with E-state index < -0.39 is 11.7 Å². The first-order valence-corrected chi connectivity index (χ1v) is 7.33. The molecule has 1 amide bonds. The molecule has 21 heavy (non-hydrogen) atoms. The van der Waals surface area contributed by atoms with Gasteiger partial charge in [0.15, 0.2) is 0 Å². The minimum absolute atomic E-state index is 0.532. The third-order valence-corrected chi connectivity index (χ3v) is 3.22. The zero-order valence-electron chi connectivity index (χ0n) is 12.2. The van der Waals surface area contributed by atoms with Crippen molar-refractivity contribution in [3.05, 3.63) is 41.5 Å². The highest BCUT2D eigenvalue weighted by molar-refractivity contribution is 7.13. The van der Waals surface area contributed by atoms with Gasteiger partial charge in [0.25, 0.3) is 0 Å². The van der Waals surface area contributed by atoms with Crippen LogP contribution in [0.5, 0.6) is 0 Å². The van der Waals surface area contributed by atoms with Crippen LogP contribution in [0, 0.1) is 0 Å². The van der Waals surface area contributed by atoms with Crippen molar-refractivity contribution in [3.63, 3.8) is 0 Å². The molecule has 0 spiro atoms. The van der Waals surface area contributed by atoms with Crippen molar-refractivity contribution in [2.45, 2.75) is 26.4 Å². The third kappa shape index (κ3) is 5.00. The van der Waals surface area contributed by atoms with Gasteiger partial charge in [-0.15, -0.1) is 11.3 Å². The zero-order valence-corrected chi connectivity index (χ0v) is 13.0. The van der Waals surface area contributed by atoms with E-state index >= 15 is 0 Å². The molecule has 0 radical (unpaired) electrons. The van der Waals surface area contributed by atoms with Gasteiger partial charge in [-0.3, -0.25) is 4.98 Å². The zero-order chi connectivity index (χ0) is 15.3. The first kappa shape index (κ1) is 15.2. The maximum atomic E-state index is 11.4. The monoisotopic (exact) mass is 303 g/mol. The summed E-state index contributed by atoms with van der Waals surface area (Å²) in [5, 5.41) is 3.86. The van der Waals surface area contributed by atoms with Crippen LogP contribution in [0.15, 0.2) is 41.1 Å². The molecule has 110 valence electrons. The summed E-state index contributed by atoms with van der Waals surface area (Å²) in [4.78, 5) is 16.6. The van der Waals surface area contributed by atoms with E-state index in [2.05, 4.69) is 15.5 Å². The Kier molecular flexibility index (Phi) is 4.70. The number of rotatable bonds is 3. The molecule has 0 aliphatic rings. The molecule has 0 unspecified atom stereocenters. The first-order chi connectivity index (χ1) is 9.94. The summed E-state index contributed by atoms with van der Waals surface area (Å²) in [5.41, 5.74) is 5.59. The average molecular weight is 303 g/mol. The van der Waals surface area contributed by atoms with Crippen LogP contribution in [0.1, 0.15) is 26.3 Å². The Morgan fingerprint density at radius 3 is 2.62 bits per heavy atom. The first-order valence-electron chi connectivity index (χ1n) is 6.45. The van der Waals surface area contributed by atoms with Gasteiger partial charge in [0.1, 0.15) is 5.60 Å². The van der Waals surface area contributed by atoms with E-state index in [4.69, 9.17) is 4.74 Å². The Balaban J connectivity index is 1.91. The van der Waals surface area contributed by atoms with Gasteiger partial charge in [-0.1, -0.05) is 24.3 Å². The van der Waals surface area contributed by atoms with Gasteiger partial charge in [-0.25, -0.2) is 10.2 Å². The van der Waals surface area contributed by atoms with Crippen LogP contribution in [-0.2, 0) is 4.74 Å². The molecule has 0 aliphatic heterocycles. The lowest BCUT2D eigenvalue weighted by Gasteiger charge is -2.18. The largest absolute Gasteiger partial charge is 0.443 e. The number of thiazole rings is 1. The molecular formula is C15H17N3O2S. The quantitative estimate of drug-likeness (QED) is 0.695. The molecule has 1 N–H and O–H groups in total. The second-order valence-electron chi connectivity index (χ2n) is 5.36. The number of hydrogen-bond acceptors (Lipinski definition) is 5. The van der Waals surface area contributed by atoms with Gasteiger partial charge in [0.05, 0.1) is 16.6 Å². The van der Waals surface area contributed by atoms with Crippen LogP contribution in [0.3, 0.4) is 0 Å². The Morgan fingerprint density at radius 1 is 1.33 bits per heavy atom. The van der Waals surface area contributed by atoms with E-state index in [0.29, 0.717) is 0 Å². The number of hydrogen-bond donors (Lipinski definition) is 1. The van der Waals surface area contributed by atoms with E-state index in [1.165, 1.54) is 0 Å². The van der Waals surface area contributed by atoms with Gasteiger partial charge in [0.2, 0.25) is 0 Å². The second kappa shape index (κ2) is 6.49. The summed E-state index contributed by atoms with van der Waals surface area (Å²) in [5.74, 6) is 0. The van der Waals surface area contributed by atoms with Gasteiger partial charge in [0, 0.05) is 6.20 Å². The van der Waals surface area contributed by atoms with Crippen molar-refractivity contribution >= 4 is 23.6 Å². The van der Waals surface area contributed by atoms with Crippen LogP contribution in [0.25, 0.3) is 10.4 Å². The molecular weight excluding hydrogens is 286 g/mol. The van der Waals surface area contributed by atoms with Gasteiger partial charge in [-0.2, -0.15) is 5.10 Å². The van der Waals surface area contributed by atoms with Gasteiger partial charge < -0.3 is 4.74 Å². The van der Waals surface area contributed by atoms with Crippen LogP contribution < -0.4 is 5.43 Å². The van der Waals surface area contributed by atoms with Crippen LogP contribution >= 0.6 is 11.3 Å². The summed E-state index contributed by atoms with van der Waals surface area (Å²) in [7, 11) is 0. The van der Waals surface area contributed by atoms with Crippen molar-refractivity contribution in [3.8, 4) is 10.4 Å². The van der Waals surface area contributed by atoms with Crippen molar-refractivity contribution < 1.29 is 9.53 Å². The summed E-state index contributed by atoms with van der Waals surface area (Å²) in [6, 6.07) is 7.83. The van der Waals surface area contributed by atoms with Crippen molar-refractivity contribution in [2.24, 2.45) is 5.10 Å². The molecule has 0 aliphatic carbocycles. The fraction of sp³-hybridized carbons (Fsp3) is 0.267. The van der Waals surface area contributed by atoms with E-state index in [-0.39, 0.29) is 0 Å².